The SMILES string of the molecule is CN1C(=O)COc2ccc(C(C)(CO)C(=O)O)cc21. The van der Waals surface area contributed by atoms with Crippen LogP contribution in [0.5, 0.6) is 5.75 Å². The first-order valence-electron chi connectivity index (χ1n) is 5.78. The lowest BCUT2D eigenvalue weighted by Crippen LogP contribution is -2.38. The highest BCUT2D eigenvalue weighted by atomic mass is 16.5. The first kappa shape index (κ1) is 13.4. The van der Waals surface area contributed by atoms with E-state index in [0.29, 0.717) is 17.0 Å². The van der Waals surface area contributed by atoms with Crippen molar-refractivity contribution in [3.8, 4) is 5.75 Å². The molecule has 0 radical (unpaired) electrons. The fourth-order valence-corrected chi connectivity index (χ4v) is 1.90. The van der Waals surface area contributed by atoms with Crippen LogP contribution in [-0.4, -0.2) is 42.4 Å². The minimum Gasteiger partial charge on any atom is -0.482 e. The van der Waals surface area contributed by atoms with Gasteiger partial charge in [0.15, 0.2) is 6.61 Å². The van der Waals surface area contributed by atoms with Crippen LogP contribution in [0.4, 0.5) is 5.69 Å². The summed E-state index contributed by atoms with van der Waals surface area (Å²) in [5.74, 6) is -0.803. The van der Waals surface area contributed by atoms with Gasteiger partial charge in [-0.25, -0.2) is 0 Å². The van der Waals surface area contributed by atoms with Crippen LogP contribution in [0.2, 0.25) is 0 Å². The van der Waals surface area contributed by atoms with Gasteiger partial charge in [-0.3, -0.25) is 9.59 Å². The second-order valence-corrected chi connectivity index (χ2v) is 4.72. The van der Waals surface area contributed by atoms with Crippen LogP contribution in [0.1, 0.15) is 12.5 Å². The van der Waals surface area contributed by atoms with E-state index >= 15 is 0 Å². The predicted octanol–water partition coefficient (Wildman–Crippen LogP) is 0.376. The molecule has 0 spiro atoms. The summed E-state index contributed by atoms with van der Waals surface area (Å²) >= 11 is 0. The van der Waals surface area contributed by atoms with Crippen LogP contribution >= 0.6 is 0 Å². The molecule has 0 aromatic heterocycles. The molecule has 6 nitrogen and oxygen atoms in total. The number of carboxylic acids is 1. The zero-order chi connectivity index (χ0) is 14.2. The van der Waals surface area contributed by atoms with E-state index in [4.69, 9.17) is 4.74 Å². The van der Waals surface area contributed by atoms with Crippen LogP contribution in [0, 0.1) is 0 Å². The Labute approximate surface area is 110 Å². The average molecular weight is 265 g/mol. The van der Waals surface area contributed by atoms with E-state index in [1.165, 1.54) is 11.8 Å². The molecule has 1 amide bonds. The number of aliphatic hydroxyl groups is 1. The highest BCUT2D eigenvalue weighted by Crippen LogP contribution is 2.35. The average Bonchev–Trinajstić information content (AvgIpc) is 2.41. The molecule has 0 fully saturated rings. The molecule has 0 bridgehead atoms. The number of ether oxygens (including phenoxy) is 1. The molecule has 1 aliphatic rings. The molecule has 1 atom stereocenters. The number of fused-ring (bicyclic) bond motifs is 1. The van der Waals surface area contributed by atoms with Gasteiger partial charge in [0.2, 0.25) is 0 Å². The van der Waals surface area contributed by atoms with Crippen molar-refractivity contribution in [2.45, 2.75) is 12.3 Å². The summed E-state index contributed by atoms with van der Waals surface area (Å²) in [5.41, 5.74) is -0.475. The standard InChI is InChI=1S/C13H15NO5/c1-13(7-15,12(17)18)8-3-4-10-9(5-8)14(2)11(16)6-19-10/h3-5,15H,6-7H2,1-2H3,(H,17,18). The molecule has 0 saturated heterocycles. The number of likely N-dealkylation sites (N-methyl/N-ethyl adjacent to an activating group) is 1. The number of amides is 1. The van der Waals surface area contributed by atoms with Gasteiger partial charge in [0.1, 0.15) is 11.2 Å². The number of hydrogen-bond acceptors (Lipinski definition) is 4. The monoisotopic (exact) mass is 265 g/mol. The van der Waals surface area contributed by atoms with Crippen molar-refractivity contribution >= 4 is 17.6 Å². The zero-order valence-electron chi connectivity index (χ0n) is 10.7. The number of carboxylic acid groups (broad SMARTS) is 1. The Bertz CT molecular complexity index is 542. The number of benzene rings is 1. The predicted molar refractivity (Wildman–Crippen MR) is 67.4 cm³/mol. The van der Waals surface area contributed by atoms with Crippen molar-refractivity contribution in [3.05, 3.63) is 23.8 Å². The summed E-state index contributed by atoms with van der Waals surface area (Å²) in [6.07, 6.45) is 0. The quantitative estimate of drug-likeness (QED) is 0.824. The molecule has 1 aromatic rings. The Kier molecular flexibility index (Phi) is 3.20. The summed E-state index contributed by atoms with van der Waals surface area (Å²) in [7, 11) is 1.60. The maximum atomic E-state index is 11.6. The highest BCUT2D eigenvalue weighted by molar-refractivity contribution is 5.97. The Hall–Kier alpha value is -2.08. The van der Waals surface area contributed by atoms with Gasteiger partial charge in [0.05, 0.1) is 12.3 Å². The van der Waals surface area contributed by atoms with Crippen LogP contribution in [0.3, 0.4) is 0 Å². The van der Waals surface area contributed by atoms with E-state index in [1.807, 2.05) is 0 Å². The van der Waals surface area contributed by atoms with Crippen molar-refractivity contribution in [2.75, 3.05) is 25.2 Å². The molecule has 1 heterocycles. The van der Waals surface area contributed by atoms with Crippen molar-refractivity contribution in [2.24, 2.45) is 0 Å². The fourth-order valence-electron chi connectivity index (χ4n) is 1.90. The zero-order valence-corrected chi connectivity index (χ0v) is 10.7. The lowest BCUT2D eigenvalue weighted by atomic mass is 9.83. The number of hydrogen-bond donors (Lipinski definition) is 2. The highest BCUT2D eigenvalue weighted by Gasteiger charge is 2.36. The first-order valence-corrected chi connectivity index (χ1v) is 5.78. The number of carbonyl (C=O) groups is 2. The number of carbonyl (C=O) groups excluding carboxylic acids is 1. The second-order valence-electron chi connectivity index (χ2n) is 4.72. The minimum absolute atomic E-state index is 0.0287. The third kappa shape index (κ3) is 2.04. The van der Waals surface area contributed by atoms with Gasteiger partial charge in [-0.15, -0.1) is 0 Å². The summed E-state index contributed by atoms with van der Waals surface area (Å²) < 4.78 is 5.27. The Balaban J connectivity index is 2.51. The summed E-state index contributed by atoms with van der Waals surface area (Å²) in [6, 6.07) is 4.77. The molecular formula is C13H15NO5. The van der Waals surface area contributed by atoms with Gasteiger partial charge < -0.3 is 19.8 Å². The van der Waals surface area contributed by atoms with E-state index in [1.54, 1.807) is 25.2 Å². The molecule has 0 saturated carbocycles. The Morgan fingerprint density at radius 1 is 1.53 bits per heavy atom. The molecule has 102 valence electrons. The molecular weight excluding hydrogens is 250 g/mol. The van der Waals surface area contributed by atoms with Crippen molar-refractivity contribution in [1.29, 1.82) is 0 Å². The van der Waals surface area contributed by atoms with E-state index in [0.717, 1.165) is 0 Å². The molecule has 6 heteroatoms. The summed E-state index contributed by atoms with van der Waals surface area (Å²) in [5, 5.41) is 18.6. The number of rotatable bonds is 3. The smallest absolute Gasteiger partial charge is 0.316 e. The van der Waals surface area contributed by atoms with Crippen LogP contribution in [0.15, 0.2) is 18.2 Å². The minimum atomic E-state index is -1.41. The van der Waals surface area contributed by atoms with Gasteiger partial charge in [0.25, 0.3) is 5.91 Å². The largest absolute Gasteiger partial charge is 0.482 e. The number of aliphatic carboxylic acids is 1. The van der Waals surface area contributed by atoms with Gasteiger partial charge in [-0.2, -0.15) is 0 Å². The maximum Gasteiger partial charge on any atom is 0.316 e. The van der Waals surface area contributed by atoms with Crippen LogP contribution in [0.25, 0.3) is 0 Å². The van der Waals surface area contributed by atoms with E-state index in [2.05, 4.69) is 0 Å². The molecule has 1 unspecified atom stereocenters. The lowest BCUT2D eigenvalue weighted by molar-refractivity contribution is -0.144. The third-order valence-corrected chi connectivity index (χ3v) is 3.47. The van der Waals surface area contributed by atoms with Crippen molar-refractivity contribution < 1.29 is 24.5 Å². The fraction of sp³-hybridized carbons (Fsp3) is 0.385. The van der Waals surface area contributed by atoms with Crippen LogP contribution in [-0.2, 0) is 15.0 Å². The van der Waals surface area contributed by atoms with E-state index < -0.39 is 18.0 Å². The van der Waals surface area contributed by atoms with Gasteiger partial charge in [-0.1, -0.05) is 6.07 Å². The van der Waals surface area contributed by atoms with E-state index in [9.17, 15) is 19.8 Å². The third-order valence-electron chi connectivity index (χ3n) is 3.47. The van der Waals surface area contributed by atoms with Gasteiger partial charge in [0, 0.05) is 7.05 Å². The first-order chi connectivity index (χ1) is 8.90. The summed E-state index contributed by atoms with van der Waals surface area (Å²) in [6.45, 7) is 0.876. The molecule has 1 aromatic carbocycles. The molecule has 19 heavy (non-hydrogen) atoms. The maximum absolute atomic E-state index is 11.6. The molecule has 2 rings (SSSR count). The Morgan fingerprint density at radius 3 is 2.79 bits per heavy atom. The number of anilines is 1. The lowest BCUT2D eigenvalue weighted by Gasteiger charge is -2.29. The van der Waals surface area contributed by atoms with Gasteiger partial charge >= 0.3 is 5.97 Å². The number of nitrogens with zero attached hydrogens (tertiary/aromatic N) is 1. The topological polar surface area (TPSA) is 87.1 Å². The molecule has 1 aliphatic heterocycles. The molecule has 0 aliphatic carbocycles. The summed E-state index contributed by atoms with van der Waals surface area (Å²) in [4.78, 5) is 24.3. The molecule has 2 N–H and O–H groups in total. The van der Waals surface area contributed by atoms with E-state index in [-0.39, 0.29) is 12.5 Å². The van der Waals surface area contributed by atoms with Crippen LogP contribution < -0.4 is 9.64 Å². The van der Waals surface area contributed by atoms with Crippen molar-refractivity contribution in [3.63, 3.8) is 0 Å². The normalized spacial score (nSPS) is 17.4. The Morgan fingerprint density at radius 2 is 2.21 bits per heavy atom. The van der Waals surface area contributed by atoms with Gasteiger partial charge in [-0.05, 0) is 24.6 Å². The second kappa shape index (κ2) is 4.55. The van der Waals surface area contributed by atoms with Crippen molar-refractivity contribution in [1.82, 2.24) is 0 Å². The number of aliphatic hydroxyl groups excluding tert-OH is 1.